The Morgan fingerprint density at radius 2 is 1.96 bits per heavy atom. The van der Waals surface area contributed by atoms with E-state index in [1.807, 2.05) is 20.9 Å². The van der Waals surface area contributed by atoms with E-state index >= 15 is 0 Å². The predicted octanol–water partition coefficient (Wildman–Crippen LogP) is 1.53. The quantitative estimate of drug-likeness (QED) is 0.543. The first kappa shape index (κ1) is 18.7. The molecule has 1 aromatic rings. The normalized spacial score (nSPS) is 17.7. The zero-order valence-corrected chi connectivity index (χ0v) is 15.6. The fourth-order valence-corrected chi connectivity index (χ4v) is 4.26. The van der Waals surface area contributed by atoms with Crippen LogP contribution in [0.1, 0.15) is 13.8 Å². The summed E-state index contributed by atoms with van der Waals surface area (Å²) in [7, 11) is -1.43. The van der Waals surface area contributed by atoms with E-state index in [4.69, 9.17) is 4.74 Å². The third kappa shape index (κ3) is 5.42. The van der Waals surface area contributed by atoms with Crippen LogP contribution in [-0.2, 0) is 14.8 Å². The highest BCUT2D eigenvalue weighted by Gasteiger charge is 2.27. The molecule has 130 valence electrons. The number of aromatic nitrogens is 1. The van der Waals surface area contributed by atoms with E-state index in [0.29, 0.717) is 19.7 Å². The number of piperazine rings is 1. The number of ether oxygens (including phenoxy) is 1. The van der Waals surface area contributed by atoms with Gasteiger partial charge in [0, 0.05) is 38.1 Å². The number of thioether (sulfide) groups is 1. The molecule has 0 bridgehead atoms. The summed E-state index contributed by atoms with van der Waals surface area (Å²) in [6, 6.07) is 3.41. The summed E-state index contributed by atoms with van der Waals surface area (Å²) < 4.78 is 32.2. The number of pyridine rings is 1. The van der Waals surface area contributed by atoms with Crippen molar-refractivity contribution in [3.05, 3.63) is 18.3 Å². The molecule has 0 aliphatic carbocycles. The maximum Gasteiger partial charge on any atom is 0.244 e. The summed E-state index contributed by atoms with van der Waals surface area (Å²) in [6.07, 6.45) is 1.68. The standard InChI is InChI=1S/C15H25N3O3S2/c1-13(2)21-10-11-22-15-5-4-14(12-16-15)23(19,20)18-8-6-17(3)7-9-18/h4-5,12-13H,6-11H2,1-3H3. The van der Waals surface area contributed by atoms with E-state index in [9.17, 15) is 8.42 Å². The molecule has 23 heavy (non-hydrogen) atoms. The van der Waals surface area contributed by atoms with Crippen molar-refractivity contribution in [2.75, 3.05) is 45.6 Å². The van der Waals surface area contributed by atoms with Crippen LogP contribution >= 0.6 is 11.8 Å². The Labute approximate surface area is 143 Å². The van der Waals surface area contributed by atoms with Crippen molar-refractivity contribution in [2.45, 2.75) is 29.9 Å². The van der Waals surface area contributed by atoms with Crippen LogP contribution < -0.4 is 0 Å². The molecule has 2 rings (SSSR count). The van der Waals surface area contributed by atoms with Gasteiger partial charge >= 0.3 is 0 Å². The van der Waals surface area contributed by atoms with Gasteiger partial charge in [-0.05, 0) is 33.0 Å². The molecule has 0 radical (unpaired) electrons. The monoisotopic (exact) mass is 359 g/mol. The molecule has 1 saturated heterocycles. The van der Waals surface area contributed by atoms with Gasteiger partial charge < -0.3 is 9.64 Å². The Bertz CT molecular complexity index is 582. The highest BCUT2D eigenvalue weighted by Crippen LogP contribution is 2.20. The van der Waals surface area contributed by atoms with Gasteiger partial charge in [-0.15, -0.1) is 11.8 Å². The molecule has 2 heterocycles. The van der Waals surface area contributed by atoms with Gasteiger partial charge in [-0.3, -0.25) is 0 Å². The molecule has 0 amide bonds. The molecule has 1 aliphatic rings. The zero-order valence-electron chi connectivity index (χ0n) is 13.9. The second kappa shape index (κ2) is 8.43. The maximum absolute atomic E-state index is 12.6. The van der Waals surface area contributed by atoms with Gasteiger partial charge in [-0.25, -0.2) is 13.4 Å². The minimum atomic E-state index is -3.43. The summed E-state index contributed by atoms with van der Waals surface area (Å²) in [5, 5.41) is 0.815. The summed E-state index contributed by atoms with van der Waals surface area (Å²) in [5.41, 5.74) is 0. The summed E-state index contributed by atoms with van der Waals surface area (Å²) in [4.78, 5) is 6.66. The van der Waals surface area contributed by atoms with Crippen LogP contribution in [0.3, 0.4) is 0 Å². The zero-order chi connectivity index (χ0) is 16.9. The number of hydrogen-bond donors (Lipinski definition) is 0. The molecule has 0 spiro atoms. The number of rotatable bonds is 7. The third-order valence-corrected chi connectivity index (χ3v) is 6.38. The Hall–Kier alpha value is -0.670. The summed E-state index contributed by atoms with van der Waals surface area (Å²) in [6.45, 7) is 7.24. The molecule has 0 aromatic carbocycles. The van der Waals surface area contributed by atoms with E-state index in [0.717, 1.165) is 23.9 Å². The van der Waals surface area contributed by atoms with Crippen molar-refractivity contribution < 1.29 is 13.2 Å². The average Bonchev–Trinajstić information content (AvgIpc) is 2.52. The van der Waals surface area contributed by atoms with Gasteiger partial charge in [0.2, 0.25) is 10.0 Å². The minimum absolute atomic E-state index is 0.222. The van der Waals surface area contributed by atoms with E-state index in [-0.39, 0.29) is 11.0 Å². The minimum Gasteiger partial charge on any atom is -0.378 e. The number of hydrogen-bond acceptors (Lipinski definition) is 6. The fraction of sp³-hybridized carbons (Fsp3) is 0.667. The SMILES string of the molecule is CC(C)OCCSc1ccc(S(=O)(=O)N2CCN(C)CC2)cn1. The average molecular weight is 360 g/mol. The molecule has 1 aliphatic heterocycles. The van der Waals surface area contributed by atoms with Crippen molar-refractivity contribution in [1.82, 2.24) is 14.2 Å². The lowest BCUT2D eigenvalue weighted by molar-refractivity contribution is 0.0920. The Balaban J connectivity index is 1.93. The van der Waals surface area contributed by atoms with Crippen LogP contribution in [0.15, 0.2) is 28.3 Å². The van der Waals surface area contributed by atoms with Gasteiger partial charge in [0.1, 0.15) is 4.90 Å². The maximum atomic E-state index is 12.6. The van der Waals surface area contributed by atoms with E-state index < -0.39 is 10.0 Å². The smallest absolute Gasteiger partial charge is 0.244 e. The highest BCUT2D eigenvalue weighted by molar-refractivity contribution is 7.99. The topological polar surface area (TPSA) is 62.7 Å². The van der Waals surface area contributed by atoms with Crippen molar-refractivity contribution in [3.8, 4) is 0 Å². The van der Waals surface area contributed by atoms with E-state index in [1.165, 1.54) is 10.5 Å². The number of sulfonamides is 1. The number of likely N-dealkylation sites (N-methyl/N-ethyl adjacent to an activating group) is 1. The molecule has 0 unspecified atom stereocenters. The number of nitrogens with zero attached hydrogens (tertiary/aromatic N) is 3. The Kier molecular flexibility index (Phi) is 6.84. The van der Waals surface area contributed by atoms with Crippen molar-refractivity contribution >= 4 is 21.8 Å². The molecule has 1 fully saturated rings. The molecular weight excluding hydrogens is 334 g/mol. The van der Waals surface area contributed by atoms with Crippen LogP contribution in [0, 0.1) is 0 Å². The molecule has 0 atom stereocenters. The van der Waals surface area contributed by atoms with Crippen LogP contribution in [0.4, 0.5) is 0 Å². The lowest BCUT2D eigenvalue weighted by Gasteiger charge is -2.31. The first-order valence-corrected chi connectivity index (χ1v) is 10.2. The second-order valence-electron chi connectivity index (χ2n) is 5.81. The first-order valence-electron chi connectivity index (χ1n) is 7.79. The van der Waals surface area contributed by atoms with Gasteiger partial charge in [0.25, 0.3) is 0 Å². The molecule has 0 saturated carbocycles. The lowest BCUT2D eigenvalue weighted by atomic mass is 10.4. The summed E-state index contributed by atoms with van der Waals surface area (Å²) >= 11 is 1.57. The molecule has 1 aromatic heterocycles. The highest BCUT2D eigenvalue weighted by atomic mass is 32.2. The Morgan fingerprint density at radius 1 is 1.26 bits per heavy atom. The van der Waals surface area contributed by atoms with Gasteiger partial charge in [-0.1, -0.05) is 0 Å². The largest absolute Gasteiger partial charge is 0.378 e. The predicted molar refractivity (Wildman–Crippen MR) is 92.3 cm³/mol. The first-order chi connectivity index (χ1) is 10.9. The molecule has 6 nitrogen and oxygen atoms in total. The lowest BCUT2D eigenvalue weighted by Crippen LogP contribution is -2.47. The van der Waals surface area contributed by atoms with Crippen LogP contribution in [0.5, 0.6) is 0 Å². The van der Waals surface area contributed by atoms with Crippen LogP contribution in [-0.4, -0.2) is 74.3 Å². The molecule has 0 N–H and O–H groups in total. The third-order valence-electron chi connectivity index (χ3n) is 3.59. The van der Waals surface area contributed by atoms with Gasteiger partial charge in [0.15, 0.2) is 0 Å². The van der Waals surface area contributed by atoms with Crippen molar-refractivity contribution in [2.24, 2.45) is 0 Å². The van der Waals surface area contributed by atoms with Gasteiger partial charge in [0.05, 0.1) is 17.7 Å². The van der Waals surface area contributed by atoms with E-state index in [2.05, 4.69) is 9.88 Å². The summed E-state index contributed by atoms with van der Waals surface area (Å²) in [5.74, 6) is 0.801. The molecular formula is C15H25N3O3S2. The van der Waals surface area contributed by atoms with Crippen molar-refractivity contribution in [3.63, 3.8) is 0 Å². The van der Waals surface area contributed by atoms with Gasteiger partial charge in [-0.2, -0.15) is 4.31 Å². The van der Waals surface area contributed by atoms with Crippen LogP contribution in [0.2, 0.25) is 0 Å². The fourth-order valence-electron chi connectivity index (χ4n) is 2.21. The van der Waals surface area contributed by atoms with Crippen LogP contribution in [0.25, 0.3) is 0 Å². The Morgan fingerprint density at radius 3 is 2.52 bits per heavy atom. The molecule has 8 heteroatoms. The van der Waals surface area contributed by atoms with E-state index in [1.54, 1.807) is 23.9 Å². The second-order valence-corrected chi connectivity index (χ2v) is 8.86. The van der Waals surface area contributed by atoms with Crippen molar-refractivity contribution in [1.29, 1.82) is 0 Å².